The third-order valence-corrected chi connectivity index (χ3v) is 4.25. The maximum atomic E-state index is 5.91. The van der Waals surface area contributed by atoms with E-state index in [9.17, 15) is 0 Å². The summed E-state index contributed by atoms with van der Waals surface area (Å²) in [5.41, 5.74) is 9.45. The largest absolute Gasteiger partial charge is 0.383 e. The smallest absolute Gasteiger partial charge is 0.128 e. The Labute approximate surface area is 111 Å². The van der Waals surface area contributed by atoms with Crippen molar-refractivity contribution in [3.63, 3.8) is 0 Å². The highest BCUT2D eigenvalue weighted by atomic mass is 35.5. The number of hydrazine groups is 1. The molecule has 4 nitrogen and oxygen atoms in total. The molecule has 96 valence electrons. The van der Waals surface area contributed by atoms with E-state index in [1.807, 2.05) is 17.8 Å². The second-order valence-corrected chi connectivity index (χ2v) is 5.81. The topological polar surface area (TPSA) is 77.0 Å². The van der Waals surface area contributed by atoms with Crippen LogP contribution in [0, 0.1) is 0 Å². The maximum absolute atomic E-state index is 5.91. The first kappa shape index (κ1) is 14.6. The zero-order valence-electron chi connectivity index (χ0n) is 10.1. The molecule has 0 saturated carbocycles. The number of nitrogens with two attached hydrogens (primary N) is 2. The van der Waals surface area contributed by atoms with E-state index in [1.54, 1.807) is 0 Å². The zero-order chi connectivity index (χ0) is 12.8. The number of halogens is 1. The minimum Gasteiger partial charge on any atom is -0.383 e. The molecule has 17 heavy (non-hydrogen) atoms. The molecule has 0 fully saturated rings. The van der Waals surface area contributed by atoms with Crippen LogP contribution in [-0.4, -0.2) is 16.0 Å². The van der Waals surface area contributed by atoms with Crippen molar-refractivity contribution in [1.29, 1.82) is 0 Å². The number of thioether (sulfide) groups is 1. The molecule has 1 heterocycles. The molecule has 0 aliphatic carbocycles. The molecule has 0 amide bonds. The van der Waals surface area contributed by atoms with Crippen molar-refractivity contribution in [2.45, 2.75) is 31.6 Å². The van der Waals surface area contributed by atoms with Gasteiger partial charge in [-0.15, -0.1) is 0 Å². The van der Waals surface area contributed by atoms with Crippen LogP contribution in [0.5, 0.6) is 0 Å². The molecule has 0 bridgehead atoms. The summed E-state index contributed by atoms with van der Waals surface area (Å²) in [5.74, 6) is 6.88. The predicted molar refractivity (Wildman–Crippen MR) is 75.9 cm³/mol. The van der Waals surface area contributed by atoms with Crippen LogP contribution < -0.4 is 17.0 Å². The molecule has 2 atom stereocenters. The summed E-state index contributed by atoms with van der Waals surface area (Å²) in [5, 5.41) is 1.17. The molecule has 0 spiro atoms. The van der Waals surface area contributed by atoms with Gasteiger partial charge >= 0.3 is 0 Å². The fourth-order valence-electron chi connectivity index (χ4n) is 1.35. The highest BCUT2D eigenvalue weighted by Crippen LogP contribution is 2.26. The Kier molecular flexibility index (Phi) is 6.05. The first-order valence-electron chi connectivity index (χ1n) is 5.57. The molecule has 0 aliphatic heterocycles. The van der Waals surface area contributed by atoms with Crippen molar-refractivity contribution >= 4 is 29.2 Å². The lowest BCUT2D eigenvalue weighted by atomic mass is 10.1. The van der Waals surface area contributed by atoms with Crippen LogP contribution in [0.3, 0.4) is 0 Å². The van der Waals surface area contributed by atoms with Gasteiger partial charge in [0.1, 0.15) is 5.82 Å². The molecule has 0 saturated heterocycles. The molecule has 0 aromatic carbocycles. The molecule has 6 heteroatoms. The molecule has 1 rings (SSSR count). The van der Waals surface area contributed by atoms with Gasteiger partial charge in [-0.05, 0) is 12.5 Å². The van der Waals surface area contributed by atoms with Gasteiger partial charge in [-0.2, -0.15) is 11.8 Å². The summed E-state index contributed by atoms with van der Waals surface area (Å²) in [7, 11) is 0. The van der Waals surface area contributed by atoms with Gasteiger partial charge in [0.15, 0.2) is 0 Å². The molecular weight excluding hydrogens is 256 g/mol. The normalized spacial score (nSPS) is 14.6. The van der Waals surface area contributed by atoms with Crippen LogP contribution >= 0.6 is 23.4 Å². The minimum atomic E-state index is -0.0276. The Morgan fingerprint density at radius 3 is 2.88 bits per heavy atom. The van der Waals surface area contributed by atoms with Crippen LogP contribution in [0.1, 0.15) is 31.9 Å². The maximum Gasteiger partial charge on any atom is 0.128 e. The SMILES string of the molecule is CCC(C)SCC(NN)c1cc(Cl)cnc1N. The molecule has 0 radical (unpaired) electrons. The Morgan fingerprint density at radius 2 is 2.29 bits per heavy atom. The molecule has 0 aliphatic rings. The Hall–Kier alpha value is -0.490. The Balaban J connectivity index is 2.75. The van der Waals surface area contributed by atoms with E-state index in [4.69, 9.17) is 23.2 Å². The van der Waals surface area contributed by atoms with Gasteiger partial charge in [0.2, 0.25) is 0 Å². The van der Waals surface area contributed by atoms with Gasteiger partial charge in [0.25, 0.3) is 0 Å². The summed E-state index contributed by atoms with van der Waals surface area (Å²) >= 11 is 7.76. The summed E-state index contributed by atoms with van der Waals surface area (Å²) < 4.78 is 0. The second kappa shape index (κ2) is 7.06. The Morgan fingerprint density at radius 1 is 1.59 bits per heavy atom. The van der Waals surface area contributed by atoms with Gasteiger partial charge in [0, 0.05) is 22.8 Å². The number of aromatic nitrogens is 1. The standard InChI is InChI=1S/C11H19ClN4S/c1-3-7(2)17-6-10(16-14)9-4-8(12)5-15-11(9)13/h4-5,7,10,16H,3,6,14H2,1-2H3,(H2,13,15). The number of nitrogen functional groups attached to an aromatic ring is 1. The predicted octanol–water partition coefficient (Wildman–Crippen LogP) is 2.35. The number of anilines is 1. The summed E-state index contributed by atoms with van der Waals surface area (Å²) in [6.07, 6.45) is 2.67. The van der Waals surface area contributed by atoms with Crippen LogP contribution in [0.25, 0.3) is 0 Å². The van der Waals surface area contributed by atoms with Crippen molar-refractivity contribution in [1.82, 2.24) is 10.4 Å². The molecule has 1 aromatic rings. The minimum absolute atomic E-state index is 0.0276. The third kappa shape index (κ3) is 4.35. The van der Waals surface area contributed by atoms with Gasteiger partial charge in [-0.1, -0.05) is 25.4 Å². The highest BCUT2D eigenvalue weighted by Gasteiger charge is 2.15. The average Bonchev–Trinajstić information content (AvgIpc) is 2.33. The number of nitrogens with zero attached hydrogens (tertiary/aromatic N) is 1. The lowest BCUT2D eigenvalue weighted by Crippen LogP contribution is -2.31. The van der Waals surface area contributed by atoms with Crippen molar-refractivity contribution < 1.29 is 0 Å². The van der Waals surface area contributed by atoms with E-state index in [0.29, 0.717) is 16.1 Å². The molecular formula is C11H19ClN4S. The first-order chi connectivity index (χ1) is 8.08. The monoisotopic (exact) mass is 274 g/mol. The first-order valence-corrected chi connectivity index (χ1v) is 6.99. The summed E-state index contributed by atoms with van der Waals surface area (Å²) in [6.45, 7) is 4.36. The number of rotatable bonds is 6. The lowest BCUT2D eigenvalue weighted by Gasteiger charge is -2.19. The van der Waals surface area contributed by atoms with Crippen molar-refractivity contribution in [3.8, 4) is 0 Å². The van der Waals surface area contributed by atoms with Crippen molar-refractivity contribution in [2.24, 2.45) is 5.84 Å². The molecule has 5 N–H and O–H groups in total. The van der Waals surface area contributed by atoms with Gasteiger partial charge in [-0.3, -0.25) is 11.3 Å². The number of pyridine rings is 1. The fourth-order valence-corrected chi connectivity index (χ4v) is 2.55. The molecule has 2 unspecified atom stereocenters. The quantitative estimate of drug-likeness (QED) is 0.548. The lowest BCUT2D eigenvalue weighted by molar-refractivity contribution is 0.609. The highest BCUT2D eigenvalue weighted by molar-refractivity contribution is 7.99. The van der Waals surface area contributed by atoms with E-state index in [-0.39, 0.29) is 6.04 Å². The Bertz CT molecular complexity index is 361. The zero-order valence-corrected chi connectivity index (χ0v) is 11.7. The van der Waals surface area contributed by atoms with E-state index in [1.165, 1.54) is 6.20 Å². The van der Waals surface area contributed by atoms with Gasteiger partial charge in [0.05, 0.1) is 11.1 Å². The van der Waals surface area contributed by atoms with E-state index >= 15 is 0 Å². The van der Waals surface area contributed by atoms with E-state index < -0.39 is 0 Å². The number of nitrogens with one attached hydrogen (secondary N) is 1. The summed E-state index contributed by atoms with van der Waals surface area (Å²) in [4.78, 5) is 4.04. The van der Waals surface area contributed by atoms with Gasteiger partial charge in [-0.25, -0.2) is 4.98 Å². The fraction of sp³-hybridized carbons (Fsp3) is 0.545. The summed E-state index contributed by atoms with van der Waals surface area (Å²) in [6, 6.07) is 1.78. The second-order valence-electron chi connectivity index (χ2n) is 3.90. The average molecular weight is 275 g/mol. The van der Waals surface area contributed by atoms with Crippen LogP contribution in [0.15, 0.2) is 12.3 Å². The number of hydrogen-bond donors (Lipinski definition) is 3. The van der Waals surface area contributed by atoms with E-state index in [0.717, 1.165) is 17.7 Å². The number of hydrogen-bond acceptors (Lipinski definition) is 5. The van der Waals surface area contributed by atoms with Crippen LogP contribution in [0.2, 0.25) is 5.02 Å². The third-order valence-electron chi connectivity index (χ3n) is 2.62. The van der Waals surface area contributed by atoms with Crippen molar-refractivity contribution in [2.75, 3.05) is 11.5 Å². The van der Waals surface area contributed by atoms with E-state index in [2.05, 4.69) is 24.3 Å². The van der Waals surface area contributed by atoms with Crippen LogP contribution in [-0.2, 0) is 0 Å². The van der Waals surface area contributed by atoms with Crippen molar-refractivity contribution in [3.05, 3.63) is 22.8 Å². The van der Waals surface area contributed by atoms with Gasteiger partial charge < -0.3 is 5.73 Å². The molecule has 1 aromatic heterocycles. The van der Waals surface area contributed by atoms with Crippen LogP contribution in [0.4, 0.5) is 5.82 Å².